The number of ketones is 1. The maximum absolute atomic E-state index is 13.1. The van der Waals surface area contributed by atoms with Crippen molar-refractivity contribution in [2.75, 3.05) is 18.5 Å². The van der Waals surface area contributed by atoms with Gasteiger partial charge < -0.3 is 14.8 Å². The molecule has 3 rings (SSSR count). The number of nitrogens with zero attached hydrogens (tertiary/aromatic N) is 1. The molecule has 0 atom stereocenters. The molecular formula is C25H26N2O5. The van der Waals surface area contributed by atoms with Crippen molar-refractivity contribution in [1.82, 2.24) is 4.57 Å². The molecule has 2 aromatic carbocycles. The summed E-state index contributed by atoms with van der Waals surface area (Å²) in [4.78, 5) is 38.3. The lowest BCUT2D eigenvalue weighted by Gasteiger charge is -2.16. The normalized spacial score (nSPS) is 10.5. The minimum Gasteiger partial charge on any atom is -0.494 e. The predicted octanol–water partition coefficient (Wildman–Crippen LogP) is 4.40. The Morgan fingerprint density at radius 2 is 1.41 bits per heavy atom. The van der Waals surface area contributed by atoms with Gasteiger partial charge in [-0.05, 0) is 82.3 Å². The second-order valence-corrected chi connectivity index (χ2v) is 7.09. The first-order valence-electron chi connectivity index (χ1n) is 10.4. The zero-order chi connectivity index (χ0) is 23.3. The highest BCUT2D eigenvalue weighted by molar-refractivity contribution is 6.06. The minimum absolute atomic E-state index is 0.0543. The van der Waals surface area contributed by atoms with E-state index in [0.717, 1.165) is 0 Å². The lowest BCUT2D eigenvalue weighted by molar-refractivity contribution is 0.101. The SMILES string of the molecule is CCOc1ccc(NC(=O)c2cc(C(C)=O)c(=O)n(-c3ccc(OCC)cc3)c2C)cc1. The molecule has 0 radical (unpaired) electrons. The molecule has 0 aliphatic heterocycles. The first-order valence-corrected chi connectivity index (χ1v) is 10.4. The van der Waals surface area contributed by atoms with Crippen molar-refractivity contribution < 1.29 is 19.1 Å². The summed E-state index contributed by atoms with van der Waals surface area (Å²) in [7, 11) is 0. The number of amides is 1. The van der Waals surface area contributed by atoms with Gasteiger partial charge in [0, 0.05) is 17.1 Å². The molecule has 166 valence electrons. The van der Waals surface area contributed by atoms with Crippen LogP contribution in [0.1, 0.15) is 47.2 Å². The number of carbonyl (C=O) groups is 2. The summed E-state index contributed by atoms with van der Waals surface area (Å²) in [5.41, 5.74) is 1.23. The van der Waals surface area contributed by atoms with Gasteiger partial charge >= 0.3 is 0 Å². The van der Waals surface area contributed by atoms with Crippen LogP contribution in [-0.2, 0) is 0 Å². The molecule has 32 heavy (non-hydrogen) atoms. The number of hydrogen-bond donors (Lipinski definition) is 1. The average Bonchev–Trinajstić information content (AvgIpc) is 2.76. The van der Waals surface area contributed by atoms with Gasteiger partial charge in [0.05, 0.1) is 24.3 Å². The van der Waals surface area contributed by atoms with Crippen molar-refractivity contribution >= 4 is 17.4 Å². The summed E-state index contributed by atoms with van der Waals surface area (Å²) in [6.45, 7) is 7.83. The number of Topliss-reactive ketones (excluding diaryl/α,β-unsaturated/α-hetero) is 1. The van der Waals surface area contributed by atoms with E-state index in [-0.39, 0.29) is 11.1 Å². The van der Waals surface area contributed by atoms with E-state index in [0.29, 0.717) is 41.8 Å². The number of anilines is 1. The number of benzene rings is 2. The zero-order valence-corrected chi connectivity index (χ0v) is 18.6. The Kier molecular flexibility index (Phi) is 7.10. The molecule has 3 aromatic rings. The van der Waals surface area contributed by atoms with Crippen LogP contribution in [0.15, 0.2) is 59.4 Å². The number of rotatable bonds is 8. The lowest BCUT2D eigenvalue weighted by atomic mass is 10.1. The standard InChI is InChI=1S/C25H26N2O5/c1-5-31-20-11-7-18(8-12-20)26-24(29)22-15-23(17(4)28)25(30)27(16(22)3)19-9-13-21(14-10-19)32-6-2/h7-15H,5-6H2,1-4H3,(H,26,29). The smallest absolute Gasteiger partial charge is 0.266 e. The number of carbonyl (C=O) groups excluding carboxylic acids is 2. The van der Waals surface area contributed by atoms with Crippen molar-refractivity contribution in [3.63, 3.8) is 0 Å². The number of pyridine rings is 1. The molecule has 0 saturated carbocycles. The first-order chi connectivity index (χ1) is 15.3. The summed E-state index contributed by atoms with van der Waals surface area (Å²) in [5, 5.41) is 2.82. The van der Waals surface area contributed by atoms with Gasteiger partial charge in [-0.25, -0.2) is 0 Å². The van der Waals surface area contributed by atoms with Gasteiger partial charge in [0.2, 0.25) is 0 Å². The second-order valence-electron chi connectivity index (χ2n) is 7.09. The summed E-state index contributed by atoms with van der Waals surface area (Å²) < 4.78 is 12.2. The fourth-order valence-electron chi connectivity index (χ4n) is 3.35. The van der Waals surface area contributed by atoms with Gasteiger partial charge in [-0.2, -0.15) is 0 Å². The molecule has 0 unspecified atom stereocenters. The molecule has 0 fully saturated rings. The molecule has 7 nitrogen and oxygen atoms in total. The van der Waals surface area contributed by atoms with E-state index in [4.69, 9.17) is 9.47 Å². The summed E-state index contributed by atoms with van der Waals surface area (Å²) >= 11 is 0. The topological polar surface area (TPSA) is 86.6 Å². The largest absolute Gasteiger partial charge is 0.494 e. The van der Waals surface area contributed by atoms with E-state index in [1.807, 2.05) is 13.8 Å². The summed E-state index contributed by atoms with van der Waals surface area (Å²) in [5.74, 6) is 0.529. The molecular weight excluding hydrogens is 408 g/mol. The number of aromatic nitrogens is 1. The Morgan fingerprint density at radius 3 is 1.91 bits per heavy atom. The molecule has 0 aliphatic rings. The monoisotopic (exact) mass is 434 g/mol. The van der Waals surface area contributed by atoms with Crippen molar-refractivity contribution in [1.29, 1.82) is 0 Å². The van der Waals surface area contributed by atoms with Crippen molar-refractivity contribution in [2.24, 2.45) is 0 Å². The average molecular weight is 434 g/mol. The highest BCUT2D eigenvalue weighted by atomic mass is 16.5. The van der Waals surface area contributed by atoms with E-state index in [9.17, 15) is 14.4 Å². The van der Waals surface area contributed by atoms with Crippen LogP contribution in [0.2, 0.25) is 0 Å². The Bertz CT molecular complexity index is 1180. The van der Waals surface area contributed by atoms with Crippen LogP contribution in [-0.4, -0.2) is 29.5 Å². The minimum atomic E-state index is -0.475. The van der Waals surface area contributed by atoms with Gasteiger partial charge in [-0.15, -0.1) is 0 Å². The Balaban J connectivity index is 2.03. The Hall–Kier alpha value is -3.87. The molecule has 7 heteroatoms. The molecule has 0 bridgehead atoms. The second kappa shape index (κ2) is 9.96. The highest BCUT2D eigenvalue weighted by Gasteiger charge is 2.20. The third kappa shape index (κ3) is 4.88. The van der Waals surface area contributed by atoms with Crippen LogP contribution in [0.4, 0.5) is 5.69 Å². The molecule has 0 spiro atoms. The van der Waals surface area contributed by atoms with E-state index >= 15 is 0 Å². The van der Waals surface area contributed by atoms with E-state index in [1.165, 1.54) is 17.6 Å². The fraction of sp³-hybridized carbons (Fsp3) is 0.240. The molecule has 1 N–H and O–H groups in total. The van der Waals surface area contributed by atoms with Gasteiger partial charge in [-0.1, -0.05) is 0 Å². The van der Waals surface area contributed by atoms with E-state index < -0.39 is 17.2 Å². The van der Waals surface area contributed by atoms with Crippen LogP contribution >= 0.6 is 0 Å². The van der Waals surface area contributed by atoms with Crippen LogP contribution < -0.4 is 20.3 Å². The molecule has 1 heterocycles. The van der Waals surface area contributed by atoms with Crippen LogP contribution in [0.25, 0.3) is 5.69 Å². The molecule has 0 aliphatic carbocycles. The van der Waals surface area contributed by atoms with Crippen molar-refractivity contribution in [3.05, 3.63) is 81.8 Å². The number of ether oxygens (including phenoxy) is 2. The first kappa shape index (κ1) is 22.8. The van der Waals surface area contributed by atoms with Crippen molar-refractivity contribution in [2.45, 2.75) is 27.7 Å². The molecule has 0 saturated heterocycles. The van der Waals surface area contributed by atoms with Crippen molar-refractivity contribution in [3.8, 4) is 17.2 Å². The Morgan fingerprint density at radius 1 is 0.875 bits per heavy atom. The summed E-state index contributed by atoms with van der Waals surface area (Å²) in [6, 6.07) is 15.3. The van der Waals surface area contributed by atoms with Gasteiger partial charge in [-0.3, -0.25) is 19.0 Å². The quantitative estimate of drug-likeness (QED) is 0.531. The number of hydrogen-bond acceptors (Lipinski definition) is 5. The third-order valence-corrected chi connectivity index (χ3v) is 4.90. The van der Waals surface area contributed by atoms with E-state index in [1.54, 1.807) is 55.5 Å². The highest BCUT2D eigenvalue weighted by Crippen LogP contribution is 2.20. The zero-order valence-electron chi connectivity index (χ0n) is 18.6. The van der Waals surface area contributed by atoms with Gasteiger partial charge in [0.25, 0.3) is 11.5 Å². The number of nitrogens with one attached hydrogen (secondary N) is 1. The van der Waals surface area contributed by atoms with E-state index in [2.05, 4.69) is 5.32 Å². The maximum Gasteiger partial charge on any atom is 0.266 e. The lowest BCUT2D eigenvalue weighted by Crippen LogP contribution is -2.29. The predicted molar refractivity (Wildman–Crippen MR) is 124 cm³/mol. The van der Waals surface area contributed by atoms with Crippen LogP contribution in [0.5, 0.6) is 11.5 Å². The Labute approximate surface area is 186 Å². The van der Waals surface area contributed by atoms with Gasteiger partial charge in [0.1, 0.15) is 11.5 Å². The van der Waals surface area contributed by atoms with Crippen LogP contribution in [0, 0.1) is 6.92 Å². The maximum atomic E-state index is 13.1. The van der Waals surface area contributed by atoms with Gasteiger partial charge in [0.15, 0.2) is 5.78 Å². The third-order valence-electron chi connectivity index (χ3n) is 4.90. The van der Waals surface area contributed by atoms with Crippen LogP contribution in [0.3, 0.4) is 0 Å². The molecule has 1 amide bonds. The summed E-state index contributed by atoms with van der Waals surface area (Å²) in [6.07, 6.45) is 0. The fourth-order valence-corrected chi connectivity index (χ4v) is 3.35. The molecule has 1 aromatic heterocycles.